The minimum Gasteiger partial charge on any atom is -0.394 e. The Labute approximate surface area is 194 Å². The molecule has 1 aromatic carbocycles. The Bertz CT molecular complexity index is 1350. The van der Waals surface area contributed by atoms with Crippen molar-refractivity contribution in [2.24, 2.45) is 0 Å². The molecule has 5 rings (SSSR count). The Balaban J connectivity index is 1.46. The van der Waals surface area contributed by atoms with E-state index in [9.17, 15) is 10.4 Å². The van der Waals surface area contributed by atoms with Crippen molar-refractivity contribution in [3.8, 4) is 11.8 Å². The Morgan fingerprint density at radius 2 is 2.09 bits per heavy atom. The van der Waals surface area contributed by atoms with Gasteiger partial charge in [-0.05, 0) is 12.1 Å². The van der Waals surface area contributed by atoms with Gasteiger partial charge in [-0.25, -0.2) is 19.6 Å². The molecule has 0 spiro atoms. The van der Waals surface area contributed by atoms with Gasteiger partial charge in [0.2, 0.25) is 0 Å². The van der Waals surface area contributed by atoms with Crippen LogP contribution in [0, 0.1) is 11.3 Å². The van der Waals surface area contributed by atoms with Crippen molar-refractivity contribution in [3.05, 3.63) is 59.6 Å². The molecule has 33 heavy (non-hydrogen) atoms. The molecule has 1 atom stereocenters. The number of para-hydroxylation sites is 1. The molecule has 4 aromatic rings. The SMILES string of the molecule is N#Cc1cccc(Cl)c1-n1ncc2cnc(Nc3cc(N4CCO[C@H](CO)C4)ncn3)cc21. The summed E-state index contributed by atoms with van der Waals surface area (Å²) in [4.78, 5) is 15.2. The van der Waals surface area contributed by atoms with E-state index < -0.39 is 0 Å². The summed E-state index contributed by atoms with van der Waals surface area (Å²) in [5.41, 5.74) is 1.68. The number of hydrogen-bond acceptors (Lipinski definition) is 9. The standard InChI is InChI=1S/C22H19ClN8O2/c23-17-3-1-2-14(8-24)22(17)31-18-6-19(25-9-15(18)10-28-31)29-20-7-21(27-13-26-20)30-4-5-33-16(11-30)12-32/h1-3,6-7,9-10,13,16,32H,4-5,11-12H2,(H,25,26,27,29)/t16-/m0/s1. The van der Waals surface area contributed by atoms with E-state index in [1.54, 1.807) is 35.3 Å². The van der Waals surface area contributed by atoms with E-state index in [0.29, 0.717) is 47.6 Å². The first-order valence-electron chi connectivity index (χ1n) is 10.3. The van der Waals surface area contributed by atoms with Gasteiger partial charge < -0.3 is 20.1 Å². The van der Waals surface area contributed by atoms with Crippen molar-refractivity contribution in [2.45, 2.75) is 6.10 Å². The normalized spacial score (nSPS) is 16.0. The number of nitrogens with zero attached hydrogens (tertiary/aromatic N) is 7. The van der Waals surface area contributed by atoms with E-state index in [1.165, 1.54) is 6.33 Å². The molecule has 11 heteroatoms. The zero-order valence-corrected chi connectivity index (χ0v) is 18.1. The quantitative estimate of drug-likeness (QED) is 0.460. The van der Waals surface area contributed by atoms with Crippen LogP contribution in [0.4, 0.5) is 17.5 Å². The van der Waals surface area contributed by atoms with Crippen molar-refractivity contribution < 1.29 is 9.84 Å². The predicted molar refractivity (Wildman–Crippen MR) is 123 cm³/mol. The van der Waals surface area contributed by atoms with Gasteiger partial charge in [-0.15, -0.1) is 0 Å². The lowest BCUT2D eigenvalue weighted by atomic mass is 10.2. The fourth-order valence-corrected chi connectivity index (χ4v) is 4.00. The van der Waals surface area contributed by atoms with E-state index in [4.69, 9.17) is 16.3 Å². The topological polar surface area (TPSA) is 125 Å². The highest BCUT2D eigenvalue weighted by atomic mass is 35.5. The van der Waals surface area contributed by atoms with Gasteiger partial charge in [0, 0.05) is 36.8 Å². The van der Waals surface area contributed by atoms with Gasteiger partial charge in [0.25, 0.3) is 0 Å². The van der Waals surface area contributed by atoms with Crippen LogP contribution in [-0.2, 0) is 4.74 Å². The second-order valence-corrected chi connectivity index (χ2v) is 7.85. The van der Waals surface area contributed by atoms with Gasteiger partial charge in [-0.3, -0.25) is 0 Å². The summed E-state index contributed by atoms with van der Waals surface area (Å²) in [5.74, 6) is 1.85. The highest BCUT2D eigenvalue weighted by Crippen LogP contribution is 2.28. The predicted octanol–water partition coefficient (Wildman–Crippen LogP) is 2.68. The minimum atomic E-state index is -0.238. The van der Waals surface area contributed by atoms with Crippen molar-refractivity contribution in [2.75, 3.05) is 36.5 Å². The Hall–Kier alpha value is -3.78. The van der Waals surface area contributed by atoms with Crippen LogP contribution < -0.4 is 10.2 Å². The number of nitrogens with one attached hydrogen (secondary N) is 1. The van der Waals surface area contributed by atoms with E-state index >= 15 is 0 Å². The second kappa shape index (κ2) is 8.99. The summed E-state index contributed by atoms with van der Waals surface area (Å²) >= 11 is 6.39. The van der Waals surface area contributed by atoms with E-state index in [0.717, 1.165) is 16.7 Å². The zero-order chi connectivity index (χ0) is 22.8. The van der Waals surface area contributed by atoms with Gasteiger partial charge >= 0.3 is 0 Å². The molecule has 0 unspecified atom stereocenters. The number of aliphatic hydroxyl groups is 1. The molecule has 1 aliphatic heterocycles. The van der Waals surface area contributed by atoms with Crippen molar-refractivity contribution in [1.29, 1.82) is 5.26 Å². The van der Waals surface area contributed by atoms with Gasteiger partial charge in [0.1, 0.15) is 35.5 Å². The molecule has 0 radical (unpaired) electrons. The maximum absolute atomic E-state index is 9.51. The third-order valence-corrected chi connectivity index (χ3v) is 5.65. The number of anilines is 3. The number of aromatic nitrogens is 5. The molecule has 0 aliphatic carbocycles. The summed E-state index contributed by atoms with van der Waals surface area (Å²) in [7, 11) is 0. The molecule has 0 saturated carbocycles. The molecule has 166 valence electrons. The van der Waals surface area contributed by atoms with Crippen molar-refractivity contribution >= 4 is 40.0 Å². The van der Waals surface area contributed by atoms with Crippen LogP contribution in [-0.4, -0.2) is 62.2 Å². The van der Waals surface area contributed by atoms with Gasteiger partial charge in [-0.2, -0.15) is 10.4 Å². The minimum absolute atomic E-state index is 0.0384. The smallest absolute Gasteiger partial charge is 0.137 e. The lowest BCUT2D eigenvalue weighted by Gasteiger charge is -2.32. The largest absolute Gasteiger partial charge is 0.394 e. The fraction of sp³-hybridized carbons (Fsp3) is 0.227. The molecule has 4 heterocycles. The van der Waals surface area contributed by atoms with Crippen LogP contribution in [0.25, 0.3) is 16.6 Å². The third-order valence-electron chi connectivity index (χ3n) is 5.35. The zero-order valence-electron chi connectivity index (χ0n) is 17.4. The molecule has 2 N–H and O–H groups in total. The van der Waals surface area contributed by atoms with Gasteiger partial charge in [0.05, 0.1) is 41.6 Å². The number of fused-ring (bicyclic) bond motifs is 1. The second-order valence-electron chi connectivity index (χ2n) is 7.44. The average Bonchev–Trinajstić information content (AvgIpc) is 3.27. The summed E-state index contributed by atoms with van der Waals surface area (Å²) in [6.45, 7) is 1.71. The number of morpholine rings is 1. The van der Waals surface area contributed by atoms with Crippen molar-refractivity contribution in [1.82, 2.24) is 24.7 Å². The molecule has 0 bridgehead atoms. The molecular formula is C22H19ClN8O2. The van der Waals surface area contributed by atoms with E-state index in [2.05, 4.69) is 31.4 Å². The maximum Gasteiger partial charge on any atom is 0.137 e. The van der Waals surface area contributed by atoms with Crippen LogP contribution >= 0.6 is 11.6 Å². The number of halogens is 1. The maximum atomic E-state index is 9.51. The lowest BCUT2D eigenvalue weighted by molar-refractivity contribution is 0.00336. The average molecular weight is 463 g/mol. The van der Waals surface area contributed by atoms with Crippen molar-refractivity contribution in [3.63, 3.8) is 0 Å². The molecule has 1 saturated heterocycles. The Kier molecular flexibility index (Phi) is 5.75. The van der Waals surface area contributed by atoms with Crippen LogP contribution in [0.15, 0.2) is 49.1 Å². The monoisotopic (exact) mass is 462 g/mol. The summed E-state index contributed by atoms with van der Waals surface area (Å²) in [6.07, 6.45) is 4.61. The van der Waals surface area contributed by atoms with E-state index in [1.807, 2.05) is 17.0 Å². The van der Waals surface area contributed by atoms with Gasteiger partial charge in [-0.1, -0.05) is 17.7 Å². The molecule has 0 amide bonds. The van der Waals surface area contributed by atoms with Crippen LogP contribution in [0.2, 0.25) is 5.02 Å². The van der Waals surface area contributed by atoms with Gasteiger partial charge in [0.15, 0.2) is 0 Å². The number of pyridine rings is 1. The highest BCUT2D eigenvalue weighted by molar-refractivity contribution is 6.32. The molecule has 1 aliphatic rings. The molecule has 1 fully saturated rings. The first-order valence-corrected chi connectivity index (χ1v) is 10.6. The first-order chi connectivity index (χ1) is 16.2. The molecular weight excluding hydrogens is 444 g/mol. The number of nitriles is 1. The molecule has 10 nitrogen and oxygen atoms in total. The van der Waals surface area contributed by atoms with Crippen LogP contribution in [0.5, 0.6) is 0 Å². The summed E-state index contributed by atoms with van der Waals surface area (Å²) in [6, 6.07) is 11.0. The first kappa shape index (κ1) is 21.1. The number of hydrogen-bond donors (Lipinski definition) is 2. The number of aliphatic hydroxyl groups excluding tert-OH is 1. The lowest BCUT2D eigenvalue weighted by Crippen LogP contribution is -2.44. The number of rotatable bonds is 5. The fourth-order valence-electron chi connectivity index (χ4n) is 3.75. The Morgan fingerprint density at radius 3 is 2.94 bits per heavy atom. The summed E-state index contributed by atoms with van der Waals surface area (Å²) in [5, 5.41) is 27.8. The van der Waals surface area contributed by atoms with Crippen LogP contribution in [0.1, 0.15) is 5.56 Å². The third kappa shape index (κ3) is 4.17. The highest BCUT2D eigenvalue weighted by Gasteiger charge is 2.21. The summed E-state index contributed by atoms with van der Waals surface area (Å²) < 4.78 is 7.15. The van der Waals surface area contributed by atoms with Crippen LogP contribution in [0.3, 0.4) is 0 Å². The Morgan fingerprint density at radius 1 is 1.21 bits per heavy atom. The number of ether oxygens (including phenoxy) is 1. The number of benzene rings is 1. The van der Waals surface area contributed by atoms with E-state index in [-0.39, 0.29) is 12.7 Å². The molecule has 3 aromatic heterocycles.